The van der Waals surface area contributed by atoms with Crippen molar-refractivity contribution in [2.45, 2.75) is 43.9 Å². The van der Waals surface area contributed by atoms with E-state index in [0.29, 0.717) is 0 Å². The number of nitrogens with one attached hydrogen (secondary N) is 2. The van der Waals surface area contributed by atoms with Crippen molar-refractivity contribution in [2.75, 3.05) is 12.8 Å². The molecular formula is C10H20N2O3S. The van der Waals surface area contributed by atoms with Gasteiger partial charge in [-0.25, -0.2) is 13.2 Å². The molecule has 1 rings (SSSR count). The third-order valence-corrected chi connectivity index (χ3v) is 5.27. The van der Waals surface area contributed by atoms with E-state index in [-0.39, 0.29) is 18.6 Å². The summed E-state index contributed by atoms with van der Waals surface area (Å²) in [7, 11) is -3.16. The topological polar surface area (TPSA) is 75.3 Å². The third-order valence-electron chi connectivity index (χ3n) is 3.12. The van der Waals surface area contributed by atoms with Crippen LogP contribution < -0.4 is 10.6 Å². The van der Waals surface area contributed by atoms with E-state index in [9.17, 15) is 13.2 Å². The molecule has 2 amide bonds. The summed E-state index contributed by atoms with van der Waals surface area (Å²) in [4.78, 5) is 11.4. The standard InChI is InChI=1S/C10H20N2O3S/c1-10(2,16(3,14)15)7-11-9(13)12-8-5-4-6-8/h8H,4-7H2,1-3H3,(H2,11,12,13). The first kappa shape index (κ1) is 13.3. The SMILES string of the molecule is CC(C)(CNC(=O)NC1CCC1)S(C)(=O)=O. The molecular weight excluding hydrogens is 228 g/mol. The fourth-order valence-corrected chi connectivity index (χ4v) is 1.55. The Hall–Kier alpha value is -0.780. The second-order valence-corrected chi connectivity index (χ2v) is 7.64. The van der Waals surface area contributed by atoms with Crippen molar-refractivity contribution in [3.8, 4) is 0 Å². The maximum atomic E-state index is 11.4. The monoisotopic (exact) mass is 248 g/mol. The van der Waals surface area contributed by atoms with Crippen LogP contribution in [0.5, 0.6) is 0 Å². The molecule has 1 fully saturated rings. The second-order valence-electron chi connectivity index (χ2n) is 4.99. The zero-order chi connectivity index (χ0) is 12.4. The van der Waals surface area contributed by atoms with Gasteiger partial charge in [0.15, 0.2) is 9.84 Å². The molecule has 94 valence electrons. The third kappa shape index (κ3) is 3.37. The van der Waals surface area contributed by atoms with Crippen molar-refractivity contribution in [1.82, 2.24) is 10.6 Å². The Kier molecular flexibility index (Phi) is 3.83. The van der Waals surface area contributed by atoms with Gasteiger partial charge in [0.2, 0.25) is 0 Å². The van der Waals surface area contributed by atoms with Crippen LogP contribution >= 0.6 is 0 Å². The van der Waals surface area contributed by atoms with Gasteiger partial charge < -0.3 is 10.6 Å². The molecule has 1 saturated carbocycles. The van der Waals surface area contributed by atoms with Gasteiger partial charge in [-0.15, -0.1) is 0 Å². The molecule has 5 nitrogen and oxygen atoms in total. The minimum atomic E-state index is -3.16. The van der Waals surface area contributed by atoms with Crippen LogP contribution in [-0.4, -0.2) is 38.0 Å². The maximum absolute atomic E-state index is 11.4. The highest BCUT2D eigenvalue weighted by Gasteiger charge is 2.30. The van der Waals surface area contributed by atoms with Crippen LogP contribution in [0.25, 0.3) is 0 Å². The van der Waals surface area contributed by atoms with Crippen LogP contribution in [0.15, 0.2) is 0 Å². The maximum Gasteiger partial charge on any atom is 0.315 e. The lowest BCUT2D eigenvalue weighted by Gasteiger charge is -2.28. The summed E-state index contributed by atoms with van der Waals surface area (Å²) in [5.41, 5.74) is 0. The van der Waals surface area contributed by atoms with Gasteiger partial charge in [-0.1, -0.05) is 0 Å². The molecule has 0 aliphatic heterocycles. The Labute approximate surface area is 96.9 Å². The Morgan fingerprint density at radius 3 is 2.31 bits per heavy atom. The Balaban J connectivity index is 2.35. The zero-order valence-electron chi connectivity index (χ0n) is 10.0. The van der Waals surface area contributed by atoms with Crippen molar-refractivity contribution in [1.29, 1.82) is 0 Å². The number of carbonyl (C=O) groups is 1. The summed E-state index contributed by atoms with van der Waals surface area (Å²) < 4.78 is 21.8. The van der Waals surface area contributed by atoms with Gasteiger partial charge in [-0.3, -0.25) is 0 Å². The van der Waals surface area contributed by atoms with Gasteiger partial charge in [-0.2, -0.15) is 0 Å². The van der Waals surface area contributed by atoms with Crippen LogP contribution in [0.3, 0.4) is 0 Å². The van der Waals surface area contributed by atoms with Crippen molar-refractivity contribution >= 4 is 15.9 Å². The molecule has 0 radical (unpaired) electrons. The molecule has 0 atom stereocenters. The average molecular weight is 248 g/mol. The largest absolute Gasteiger partial charge is 0.337 e. The van der Waals surface area contributed by atoms with E-state index in [1.807, 2.05) is 0 Å². The van der Waals surface area contributed by atoms with Crippen molar-refractivity contribution in [3.63, 3.8) is 0 Å². The van der Waals surface area contributed by atoms with Crippen LogP contribution in [0.4, 0.5) is 4.79 Å². The van der Waals surface area contributed by atoms with Crippen LogP contribution in [-0.2, 0) is 9.84 Å². The lowest BCUT2D eigenvalue weighted by atomic mass is 9.93. The first-order valence-corrected chi connectivity index (χ1v) is 7.35. The molecule has 0 bridgehead atoms. The van der Waals surface area contributed by atoms with Crippen LogP contribution in [0.1, 0.15) is 33.1 Å². The molecule has 0 saturated heterocycles. The number of rotatable bonds is 4. The van der Waals surface area contributed by atoms with E-state index in [2.05, 4.69) is 10.6 Å². The fraction of sp³-hybridized carbons (Fsp3) is 0.900. The molecule has 0 spiro atoms. The van der Waals surface area contributed by atoms with E-state index < -0.39 is 14.6 Å². The summed E-state index contributed by atoms with van der Waals surface area (Å²) in [5.74, 6) is 0. The van der Waals surface area contributed by atoms with Crippen LogP contribution in [0, 0.1) is 0 Å². The molecule has 6 heteroatoms. The van der Waals surface area contributed by atoms with E-state index in [1.54, 1.807) is 13.8 Å². The fourth-order valence-electron chi connectivity index (χ4n) is 1.21. The van der Waals surface area contributed by atoms with Gasteiger partial charge in [-0.05, 0) is 33.1 Å². The first-order valence-electron chi connectivity index (χ1n) is 5.46. The quantitative estimate of drug-likeness (QED) is 0.767. The number of hydrogen-bond acceptors (Lipinski definition) is 3. The summed E-state index contributed by atoms with van der Waals surface area (Å²) >= 11 is 0. The van der Waals surface area contributed by atoms with Gasteiger partial charge in [0, 0.05) is 18.8 Å². The zero-order valence-corrected chi connectivity index (χ0v) is 10.9. The van der Waals surface area contributed by atoms with Crippen molar-refractivity contribution < 1.29 is 13.2 Å². The molecule has 0 aromatic rings. The van der Waals surface area contributed by atoms with Gasteiger partial charge in [0.05, 0.1) is 4.75 Å². The summed E-state index contributed by atoms with van der Waals surface area (Å²) in [5, 5.41) is 5.39. The number of carbonyl (C=O) groups excluding carboxylic acids is 1. The van der Waals surface area contributed by atoms with Gasteiger partial charge in [0.1, 0.15) is 0 Å². The number of hydrogen-bond donors (Lipinski definition) is 2. The van der Waals surface area contributed by atoms with E-state index in [4.69, 9.17) is 0 Å². The molecule has 0 aromatic heterocycles. The summed E-state index contributed by atoms with van der Waals surface area (Å²) in [6.07, 6.45) is 4.37. The number of amides is 2. The molecule has 1 aliphatic carbocycles. The highest BCUT2D eigenvalue weighted by atomic mass is 32.2. The Morgan fingerprint density at radius 2 is 1.94 bits per heavy atom. The lowest BCUT2D eigenvalue weighted by molar-refractivity contribution is 0.227. The highest BCUT2D eigenvalue weighted by Crippen LogP contribution is 2.18. The predicted octanol–water partition coefficient (Wildman–Crippen LogP) is 0.661. The summed E-state index contributed by atoms with van der Waals surface area (Å²) in [6, 6.07) is -0.0113. The minimum Gasteiger partial charge on any atom is -0.337 e. The lowest BCUT2D eigenvalue weighted by Crippen LogP contribution is -2.50. The predicted molar refractivity (Wildman–Crippen MR) is 63.1 cm³/mol. The Bertz CT molecular complexity index is 358. The number of sulfone groups is 1. The second kappa shape index (κ2) is 4.61. The van der Waals surface area contributed by atoms with E-state index in [0.717, 1.165) is 19.3 Å². The molecule has 16 heavy (non-hydrogen) atoms. The number of urea groups is 1. The van der Waals surface area contributed by atoms with Gasteiger partial charge in [0.25, 0.3) is 0 Å². The minimum absolute atomic E-state index is 0.129. The smallest absolute Gasteiger partial charge is 0.315 e. The normalized spacial score (nSPS) is 17.7. The Morgan fingerprint density at radius 1 is 1.38 bits per heavy atom. The molecule has 0 heterocycles. The van der Waals surface area contributed by atoms with Crippen molar-refractivity contribution in [2.24, 2.45) is 0 Å². The summed E-state index contributed by atoms with van der Waals surface area (Å²) in [6.45, 7) is 3.34. The molecule has 2 N–H and O–H groups in total. The first-order chi connectivity index (χ1) is 7.22. The molecule has 0 aromatic carbocycles. The van der Waals surface area contributed by atoms with Gasteiger partial charge >= 0.3 is 6.03 Å². The average Bonchev–Trinajstić information content (AvgIpc) is 2.06. The van der Waals surface area contributed by atoms with Crippen molar-refractivity contribution in [3.05, 3.63) is 0 Å². The highest BCUT2D eigenvalue weighted by molar-refractivity contribution is 7.92. The van der Waals surface area contributed by atoms with Crippen LogP contribution in [0.2, 0.25) is 0 Å². The van der Waals surface area contributed by atoms with E-state index >= 15 is 0 Å². The molecule has 0 unspecified atom stereocenters. The van der Waals surface area contributed by atoms with E-state index in [1.165, 1.54) is 6.26 Å². The molecule has 1 aliphatic rings.